The number of rotatable bonds is 3. The highest BCUT2D eigenvalue weighted by Crippen LogP contribution is 2.37. The molecule has 0 atom stereocenters. The van der Waals surface area contributed by atoms with E-state index in [1.54, 1.807) is 18.4 Å². The lowest BCUT2D eigenvalue weighted by Gasteiger charge is -2.35. The van der Waals surface area contributed by atoms with Crippen LogP contribution < -0.4 is 0 Å². The Morgan fingerprint density at radius 2 is 2.41 bits per heavy atom. The molecule has 2 aromatic rings. The molecule has 1 aliphatic rings. The average Bonchev–Trinajstić information content (AvgIpc) is 2.87. The van der Waals surface area contributed by atoms with Gasteiger partial charge in [0.05, 0.1) is 11.0 Å². The fraction of sp³-hybridized carbons (Fsp3) is 0.455. The molecule has 1 saturated carbocycles. The Morgan fingerprint density at radius 3 is 3.06 bits per heavy atom. The van der Waals surface area contributed by atoms with Crippen LogP contribution in [0.3, 0.4) is 0 Å². The molecule has 0 radical (unpaired) electrons. The van der Waals surface area contributed by atoms with Gasteiger partial charge in [0.1, 0.15) is 0 Å². The van der Waals surface area contributed by atoms with Gasteiger partial charge in [0.15, 0.2) is 10.6 Å². The predicted molar refractivity (Wildman–Crippen MR) is 69.8 cm³/mol. The molecule has 90 valence electrons. The molecule has 3 rings (SSSR count). The molecule has 0 aromatic carbocycles. The van der Waals surface area contributed by atoms with E-state index in [4.69, 9.17) is 17.0 Å². The van der Waals surface area contributed by atoms with Crippen molar-refractivity contribution in [1.82, 2.24) is 14.8 Å². The maximum absolute atomic E-state index is 5.31. The number of aromatic amines is 1. The van der Waals surface area contributed by atoms with E-state index in [1.807, 2.05) is 6.07 Å². The minimum atomic E-state index is 0.369. The third kappa shape index (κ3) is 1.86. The van der Waals surface area contributed by atoms with Crippen LogP contribution >= 0.6 is 23.6 Å². The number of hydrogen-bond acceptors (Lipinski definition) is 4. The number of nitrogens with one attached hydrogen (secondary N) is 1. The van der Waals surface area contributed by atoms with Gasteiger partial charge in [-0.25, -0.2) is 0 Å². The Balaban J connectivity index is 1.94. The monoisotopic (exact) mass is 267 g/mol. The van der Waals surface area contributed by atoms with Crippen LogP contribution in [-0.2, 0) is 4.74 Å². The molecule has 1 N–H and O–H groups in total. The number of aromatic nitrogens is 3. The van der Waals surface area contributed by atoms with Gasteiger partial charge in [-0.1, -0.05) is 6.07 Å². The Hall–Kier alpha value is -0.980. The van der Waals surface area contributed by atoms with Crippen LogP contribution in [0.2, 0.25) is 0 Å². The number of thiophene rings is 1. The summed E-state index contributed by atoms with van der Waals surface area (Å²) < 4.78 is 8.13. The van der Waals surface area contributed by atoms with Crippen molar-refractivity contribution < 1.29 is 4.74 Å². The normalized spacial score (nSPS) is 23.6. The summed E-state index contributed by atoms with van der Waals surface area (Å²) in [6.45, 7) is 0. The first-order valence-corrected chi connectivity index (χ1v) is 6.82. The minimum Gasteiger partial charge on any atom is -0.381 e. The summed E-state index contributed by atoms with van der Waals surface area (Å²) in [6.07, 6.45) is 2.40. The second-order valence-corrected chi connectivity index (χ2v) is 5.52. The zero-order chi connectivity index (χ0) is 11.8. The second-order valence-electron chi connectivity index (χ2n) is 4.18. The molecule has 1 fully saturated rings. The van der Waals surface area contributed by atoms with Gasteiger partial charge >= 0.3 is 0 Å². The standard InChI is InChI=1S/C11H13N3OS2/c1-15-8-5-7(6-8)14-10(12-13-11(14)16)9-3-2-4-17-9/h2-4,7-8H,5-6H2,1H3,(H,13,16). The number of ether oxygens (including phenoxy) is 1. The van der Waals surface area contributed by atoms with Crippen molar-refractivity contribution >= 4 is 23.6 Å². The lowest BCUT2D eigenvalue weighted by Crippen LogP contribution is -2.32. The highest BCUT2D eigenvalue weighted by atomic mass is 32.1. The quantitative estimate of drug-likeness (QED) is 0.869. The first kappa shape index (κ1) is 11.1. The third-order valence-corrected chi connectivity index (χ3v) is 4.37. The lowest BCUT2D eigenvalue weighted by atomic mass is 9.89. The summed E-state index contributed by atoms with van der Waals surface area (Å²) in [4.78, 5) is 1.15. The van der Waals surface area contributed by atoms with Crippen LogP contribution in [0.1, 0.15) is 18.9 Å². The number of nitrogens with zero attached hydrogens (tertiary/aromatic N) is 2. The van der Waals surface area contributed by atoms with Crippen LogP contribution in [-0.4, -0.2) is 28.0 Å². The van der Waals surface area contributed by atoms with E-state index in [-0.39, 0.29) is 0 Å². The Bertz CT molecular complexity index is 552. The highest BCUT2D eigenvalue weighted by Gasteiger charge is 2.32. The molecule has 2 heterocycles. The van der Waals surface area contributed by atoms with Gasteiger partial charge in [0.2, 0.25) is 0 Å². The van der Waals surface area contributed by atoms with E-state index < -0.39 is 0 Å². The molecule has 4 nitrogen and oxygen atoms in total. The van der Waals surface area contributed by atoms with Crippen molar-refractivity contribution in [3.05, 3.63) is 22.3 Å². The van der Waals surface area contributed by atoms with E-state index in [0.717, 1.165) is 23.5 Å². The molecule has 0 saturated heterocycles. The van der Waals surface area contributed by atoms with Crippen LogP contribution in [0.4, 0.5) is 0 Å². The van der Waals surface area contributed by atoms with Gasteiger partial charge in [-0.2, -0.15) is 5.10 Å². The molecular formula is C11H13N3OS2. The van der Waals surface area contributed by atoms with E-state index in [1.165, 1.54) is 0 Å². The molecule has 0 unspecified atom stereocenters. The number of hydrogen-bond donors (Lipinski definition) is 1. The van der Waals surface area contributed by atoms with Crippen molar-refractivity contribution in [1.29, 1.82) is 0 Å². The van der Waals surface area contributed by atoms with Crippen molar-refractivity contribution in [3.8, 4) is 10.7 Å². The number of methoxy groups -OCH3 is 1. The second kappa shape index (κ2) is 4.36. The van der Waals surface area contributed by atoms with Crippen LogP contribution in [0, 0.1) is 4.77 Å². The van der Waals surface area contributed by atoms with E-state index in [0.29, 0.717) is 16.9 Å². The molecule has 0 bridgehead atoms. The molecule has 6 heteroatoms. The van der Waals surface area contributed by atoms with Gasteiger partial charge in [0, 0.05) is 13.2 Å². The zero-order valence-corrected chi connectivity index (χ0v) is 11.1. The summed E-state index contributed by atoms with van der Waals surface area (Å²) in [5.41, 5.74) is 0. The molecule has 1 aliphatic carbocycles. The van der Waals surface area contributed by atoms with Crippen molar-refractivity contribution in [2.45, 2.75) is 25.0 Å². The van der Waals surface area contributed by atoms with Crippen molar-refractivity contribution in [2.75, 3.05) is 7.11 Å². The van der Waals surface area contributed by atoms with Crippen molar-refractivity contribution in [2.24, 2.45) is 0 Å². The van der Waals surface area contributed by atoms with E-state index >= 15 is 0 Å². The summed E-state index contributed by atoms with van der Waals surface area (Å²) in [5, 5.41) is 9.27. The van der Waals surface area contributed by atoms with Crippen LogP contribution in [0.5, 0.6) is 0 Å². The van der Waals surface area contributed by atoms with E-state index in [9.17, 15) is 0 Å². The fourth-order valence-electron chi connectivity index (χ4n) is 2.16. The van der Waals surface area contributed by atoms with Gasteiger partial charge < -0.3 is 4.74 Å². The maximum Gasteiger partial charge on any atom is 0.195 e. The Labute approximate surface area is 108 Å². The fourth-order valence-corrected chi connectivity index (χ4v) is 3.16. The molecular weight excluding hydrogens is 254 g/mol. The summed E-state index contributed by atoms with van der Waals surface area (Å²) in [7, 11) is 1.76. The largest absolute Gasteiger partial charge is 0.381 e. The predicted octanol–water partition coefficient (Wildman–Crippen LogP) is 3.02. The summed E-state index contributed by atoms with van der Waals surface area (Å²) in [6, 6.07) is 4.52. The van der Waals surface area contributed by atoms with Gasteiger partial charge in [-0.15, -0.1) is 11.3 Å². The topological polar surface area (TPSA) is 42.8 Å². The summed E-state index contributed by atoms with van der Waals surface area (Å²) >= 11 is 6.99. The molecule has 17 heavy (non-hydrogen) atoms. The smallest absolute Gasteiger partial charge is 0.195 e. The van der Waals surface area contributed by atoms with Gasteiger partial charge in [-0.05, 0) is 36.5 Å². The van der Waals surface area contributed by atoms with Crippen LogP contribution in [0.15, 0.2) is 17.5 Å². The molecule has 2 aromatic heterocycles. The zero-order valence-electron chi connectivity index (χ0n) is 9.42. The highest BCUT2D eigenvalue weighted by molar-refractivity contribution is 7.71. The van der Waals surface area contributed by atoms with Crippen LogP contribution in [0.25, 0.3) is 10.7 Å². The minimum absolute atomic E-state index is 0.369. The third-order valence-electron chi connectivity index (χ3n) is 3.21. The molecule has 0 amide bonds. The van der Waals surface area contributed by atoms with Gasteiger partial charge in [-0.3, -0.25) is 9.67 Å². The Morgan fingerprint density at radius 1 is 1.59 bits per heavy atom. The SMILES string of the molecule is COC1CC(n2c(-c3cccs3)n[nH]c2=S)C1. The first-order valence-electron chi connectivity index (χ1n) is 5.53. The molecule has 0 spiro atoms. The van der Waals surface area contributed by atoms with Crippen molar-refractivity contribution in [3.63, 3.8) is 0 Å². The first-order chi connectivity index (χ1) is 8.29. The van der Waals surface area contributed by atoms with Gasteiger partial charge in [0.25, 0.3) is 0 Å². The number of H-pyrrole nitrogens is 1. The maximum atomic E-state index is 5.31. The average molecular weight is 267 g/mol. The lowest BCUT2D eigenvalue weighted by molar-refractivity contribution is 0.00621. The molecule has 0 aliphatic heterocycles. The van der Waals surface area contributed by atoms with E-state index in [2.05, 4.69) is 26.2 Å². The Kier molecular flexibility index (Phi) is 2.85. The summed E-state index contributed by atoms with van der Waals surface area (Å²) in [5.74, 6) is 0.949.